The van der Waals surface area contributed by atoms with Crippen LogP contribution < -0.4 is 11.1 Å². The summed E-state index contributed by atoms with van der Waals surface area (Å²) in [6.07, 6.45) is 1.92. The van der Waals surface area contributed by atoms with E-state index in [0.29, 0.717) is 5.57 Å². The lowest BCUT2D eigenvalue weighted by Crippen LogP contribution is -2.03. The third-order valence-electron chi connectivity index (χ3n) is 4.20. The van der Waals surface area contributed by atoms with Crippen LogP contribution >= 0.6 is 0 Å². The van der Waals surface area contributed by atoms with Gasteiger partial charge in [-0.2, -0.15) is 0 Å². The molecule has 0 unspecified atom stereocenters. The number of nitrogens with two attached hydrogens (primary N) is 1. The van der Waals surface area contributed by atoms with Crippen LogP contribution in [0.4, 0.5) is 11.4 Å². The molecule has 24 heavy (non-hydrogen) atoms. The van der Waals surface area contributed by atoms with Crippen molar-refractivity contribution in [2.75, 3.05) is 11.1 Å². The second-order valence-corrected chi connectivity index (χ2v) is 5.96. The molecule has 0 fully saturated rings. The molecule has 0 saturated carbocycles. The van der Waals surface area contributed by atoms with Crippen molar-refractivity contribution in [2.45, 2.75) is 6.92 Å². The third kappa shape index (κ3) is 2.38. The smallest absolute Gasteiger partial charge is 0.256 e. The van der Waals surface area contributed by atoms with E-state index in [0.717, 1.165) is 39.5 Å². The summed E-state index contributed by atoms with van der Waals surface area (Å²) in [5, 5.41) is 2.90. The van der Waals surface area contributed by atoms with Crippen LogP contribution in [-0.2, 0) is 4.79 Å². The predicted molar refractivity (Wildman–Crippen MR) is 98.3 cm³/mol. The number of nitrogen functional groups attached to an aromatic ring is 1. The van der Waals surface area contributed by atoms with Crippen molar-refractivity contribution < 1.29 is 4.79 Å². The van der Waals surface area contributed by atoms with Crippen LogP contribution in [0.5, 0.6) is 0 Å². The minimum absolute atomic E-state index is 0.0771. The summed E-state index contributed by atoms with van der Waals surface area (Å²) in [6.45, 7) is 2.01. The van der Waals surface area contributed by atoms with Crippen molar-refractivity contribution >= 4 is 28.9 Å². The number of nitrogens with one attached hydrogen (secondary N) is 2. The van der Waals surface area contributed by atoms with E-state index in [1.807, 2.05) is 61.5 Å². The number of hydrogen-bond acceptors (Lipinski definition) is 2. The van der Waals surface area contributed by atoms with E-state index in [9.17, 15) is 4.79 Å². The first-order valence-electron chi connectivity index (χ1n) is 7.80. The van der Waals surface area contributed by atoms with Gasteiger partial charge in [0, 0.05) is 33.9 Å². The van der Waals surface area contributed by atoms with Gasteiger partial charge in [-0.3, -0.25) is 4.79 Å². The molecule has 0 saturated heterocycles. The van der Waals surface area contributed by atoms with Gasteiger partial charge in [-0.05, 0) is 42.8 Å². The lowest BCUT2D eigenvalue weighted by Gasteiger charge is -2.03. The quantitative estimate of drug-likeness (QED) is 0.493. The normalized spacial score (nSPS) is 14.7. The van der Waals surface area contributed by atoms with Crippen molar-refractivity contribution in [1.82, 2.24) is 4.98 Å². The lowest BCUT2D eigenvalue weighted by molar-refractivity contribution is -0.110. The second kappa shape index (κ2) is 5.42. The van der Waals surface area contributed by atoms with Crippen molar-refractivity contribution in [1.29, 1.82) is 0 Å². The average molecular weight is 315 g/mol. The van der Waals surface area contributed by atoms with Crippen LogP contribution in [0.15, 0.2) is 54.6 Å². The maximum Gasteiger partial charge on any atom is 0.256 e. The summed E-state index contributed by atoms with van der Waals surface area (Å²) >= 11 is 0. The van der Waals surface area contributed by atoms with Crippen LogP contribution in [0.1, 0.15) is 17.0 Å². The molecule has 4 nitrogen and oxygen atoms in total. The fraction of sp³-hybridized carbons (Fsp3) is 0.0500. The molecule has 4 rings (SSSR count). The molecule has 2 heterocycles. The van der Waals surface area contributed by atoms with Crippen LogP contribution in [0, 0.1) is 6.92 Å². The van der Waals surface area contributed by atoms with Crippen LogP contribution in [0.25, 0.3) is 22.8 Å². The van der Waals surface area contributed by atoms with Gasteiger partial charge >= 0.3 is 0 Å². The fourth-order valence-corrected chi connectivity index (χ4v) is 3.05. The maximum atomic E-state index is 12.3. The Kier molecular flexibility index (Phi) is 3.24. The Balaban J connectivity index is 1.84. The van der Waals surface area contributed by atoms with Crippen molar-refractivity contribution in [3.05, 3.63) is 71.5 Å². The van der Waals surface area contributed by atoms with E-state index in [-0.39, 0.29) is 5.91 Å². The number of H-pyrrole nitrogens is 1. The van der Waals surface area contributed by atoms with Crippen molar-refractivity contribution in [3.63, 3.8) is 0 Å². The zero-order valence-electron chi connectivity index (χ0n) is 13.3. The van der Waals surface area contributed by atoms with E-state index < -0.39 is 0 Å². The largest absolute Gasteiger partial charge is 0.399 e. The Morgan fingerprint density at radius 2 is 1.75 bits per heavy atom. The summed E-state index contributed by atoms with van der Waals surface area (Å²) in [5.74, 6) is -0.0771. The summed E-state index contributed by atoms with van der Waals surface area (Å²) in [5.41, 5.74) is 13.0. The number of amides is 1. The molecule has 0 spiro atoms. The minimum Gasteiger partial charge on any atom is -0.399 e. The number of carbonyl (C=O) groups is 1. The molecule has 1 aromatic heterocycles. The Hall–Kier alpha value is -3.27. The van der Waals surface area contributed by atoms with E-state index in [1.54, 1.807) is 0 Å². The highest BCUT2D eigenvalue weighted by Gasteiger charge is 2.24. The van der Waals surface area contributed by atoms with E-state index in [2.05, 4.69) is 16.4 Å². The van der Waals surface area contributed by atoms with Gasteiger partial charge in [-0.1, -0.05) is 30.3 Å². The monoisotopic (exact) mass is 315 g/mol. The van der Waals surface area contributed by atoms with E-state index in [4.69, 9.17) is 5.73 Å². The van der Waals surface area contributed by atoms with Gasteiger partial charge in [-0.15, -0.1) is 0 Å². The molecule has 0 aliphatic carbocycles. The van der Waals surface area contributed by atoms with Gasteiger partial charge < -0.3 is 16.0 Å². The van der Waals surface area contributed by atoms with Gasteiger partial charge in [-0.25, -0.2) is 0 Å². The average Bonchev–Trinajstić information content (AvgIpc) is 3.09. The second-order valence-electron chi connectivity index (χ2n) is 5.96. The standard InChI is InChI=1S/C20H17N3O/c1-12-10-16(13-6-8-14(21)9-7-13)19(22-12)11-17-15-4-2-3-5-18(15)23-20(17)24/h2-11,22H,21H2,1H3,(H,23,24)/b17-11-. The van der Waals surface area contributed by atoms with Gasteiger partial charge in [0.1, 0.15) is 0 Å². The van der Waals surface area contributed by atoms with Crippen LogP contribution in [0.2, 0.25) is 0 Å². The molecule has 0 radical (unpaired) electrons. The number of para-hydroxylation sites is 1. The van der Waals surface area contributed by atoms with Gasteiger partial charge in [0.2, 0.25) is 0 Å². The zero-order valence-corrected chi connectivity index (χ0v) is 13.3. The zero-order chi connectivity index (χ0) is 16.7. The molecule has 4 heteroatoms. The minimum atomic E-state index is -0.0771. The summed E-state index contributed by atoms with van der Waals surface area (Å²) in [4.78, 5) is 15.7. The van der Waals surface area contributed by atoms with Crippen LogP contribution in [-0.4, -0.2) is 10.9 Å². The first kappa shape index (κ1) is 14.3. The number of aryl methyl sites for hydroxylation is 1. The SMILES string of the molecule is Cc1cc(-c2ccc(N)cc2)c(/C=C2\C(=O)Nc3ccccc32)[nH]1. The van der Waals surface area contributed by atoms with Crippen molar-refractivity contribution in [2.24, 2.45) is 0 Å². The molecule has 0 atom stereocenters. The number of anilines is 2. The molecule has 0 bridgehead atoms. The maximum absolute atomic E-state index is 12.3. The number of aromatic nitrogens is 1. The Labute approximate surface area is 140 Å². The number of benzene rings is 2. The number of fused-ring (bicyclic) bond motifs is 1. The molecule has 118 valence electrons. The topological polar surface area (TPSA) is 70.9 Å². The first-order valence-corrected chi connectivity index (χ1v) is 7.80. The number of hydrogen-bond donors (Lipinski definition) is 3. The number of carbonyl (C=O) groups excluding carboxylic acids is 1. The Morgan fingerprint density at radius 3 is 2.54 bits per heavy atom. The first-order chi connectivity index (χ1) is 11.6. The summed E-state index contributed by atoms with van der Waals surface area (Å²) in [6, 6.07) is 17.5. The molecule has 1 aliphatic heterocycles. The Bertz CT molecular complexity index is 965. The molecular formula is C20H17N3O. The Morgan fingerprint density at radius 1 is 1.00 bits per heavy atom. The van der Waals surface area contributed by atoms with Crippen molar-refractivity contribution in [3.8, 4) is 11.1 Å². The fourth-order valence-electron chi connectivity index (χ4n) is 3.05. The number of aromatic amines is 1. The van der Waals surface area contributed by atoms with Gasteiger partial charge in [0.15, 0.2) is 0 Å². The molecular weight excluding hydrogens is 298 g/mol. The lowest BCUT2D eigenvalue weighted by atomic mass is 10.0. The highest BCUT2D eigenvalue weighted by molar-refractivity contribution is 6.35. The van der Waals surface area contributed by atoms with Crippen LogP contribution in [0.3, 0.4) is 0 Å². The predicted octanol–water partition coefficient (Wildman–Crippen LogP) is 4.07. The molecule has 1 amide bonds. The molecule has 1 aliphatic rings. The third-order valence-corrected chi connectivity index (χ3v) is 4.20. The van der Waals surface area contributed by atoms with E-state index in [1.165, 1.54) is 0 Å². The number of rotatable bonds is 2. The summed E-state index contributed by atoms with van der Waals surface area (Å²) < 4.78 is 0. The van der Waals surface area contributed by atoms with E-state index >= 15 is 0 Å². The molecule has 2 aromatic carbocycles. The molecule has 4 N–H and O–H groups in total. The molecule has 3 aromatic rings. The van der Waals surface area contributed by atoms with Gasteiger partial charge in [0.25, 0.3) is 5.91 Å². The highest BCUT2D eigenvalue weighted by Crippen LogP contribution is 2.35. The highest BCUT2D eigenvalue weighted by atomic mass is 16.2. The summed E-state index contributed by atoms with van der Waals surface area (Å²) in [7, 11) is 0. The van der Waals surface area contributed by atoms with Gasteiger partial charge in [0.05, 0.1) is 5.57 Å².